The van der Waals surface area contributed by atoms with Crippen molar-refractivity contribution >= 4 is 10.8 Å². The molecule has 0 radical (unpaired) electrons. The van der Waals surface area contributed by atoms with Gasteiger partial charge in [0, 0.05) is 10.9 Å². The van der Waals surface area contributed by atoms with Gasteiger partial charge in [0.1, 0.15) is 11.6 Å². The number of hydrogen-bond acceptors (Lipinski definition) is 1. The lowest BCUT2D eigenvalue weighted by atomic mass is 9.96. The molecule has 0 saturated heterocycles. The lowest BCUT2D eigenvalue weighted by Crippen LogP contribution is -1.90. The molecule has 0 aliphatic heterocycles. The van der Waals surface area contributed by atoms with E-state index in [1.54, 1.807) is 7.11 Å². The van der Waals surface area contributed by atoms with E-state index in [2.05, 4.69) is 13.0 Å². The monoisotopic (exact) mass is 370 g/mol. The molecule has 0 fully saturated rings. The summed E-state index contributed by atoms with van der Waals surface area (Å²) >= 11 is 0. The molecule has 0 aromatic heterocycles. The molecule has 0 atom stereocenters. The van der Waals surface area contributed by atoms with E-state index in [1.807, 2.05) is 72.8 Å². The number of aryl methyl sites for hydroxylation is 1. The van der Waals surface area contributed by atoms with Gasteiger partial charge in [0.2, 0.25) is 0 Å². The summed E-state index contributed by atoms with van der Waals surface area (Å²) in [5.41, 5.74) is 4.98. The fraction of sp³-hybridized carbons (Fsp3) is 0.154. The first kappa shape index (κ1) is 18.2. The van der Waals surface area contributed by atoms with E-state index in [0.29, 0.717) is 10.9 Å². The van der Waals surface area contributed by atoms with Crippen molar-refractivity contribution in [3.8, 4) is 28.0 Å². The molecule has 0 aliphatic carbocycles. The van der Waals surface area contributed by atoms with Gasteiger partial charge in [-0.2, -0.15) is 0 Å². The van der Waals surface area contributed by atoms with Gasteiger partial charge < -0.3 is 4.74 Å². The maximum Gasteiger partial charge on any atom is 0.138 e. The molecule has 0 bridgehead atoms. The summed E-state index contributed by atoms with van der Waals surface area (Å²) in [5.74, 6) is 0.679. The summed E-state index contributed by atoms with van der Waals surface area (Å²) in [4.78, 5) is 0. The van der Waals surface area contributed by atoms with Crippen LogP contribution in [0.4, 0.5) is 4.39 Å². The van der Waals surface area contributed by atoms with Crippen molar-refractivity contribution in [1.82, 2.24) is 0 Å². The van der Waals surface area contributed by atoms with Crippen molar-refractivity contribution in [1.29, 1.82) is 0 Å². The molecule has 0 heterocycles. The van der Waals surface area contributed by atoms with Crippen LogP contribution in [-0.2, 0) is 6.42 Å². The van der Waals surface area contributed by atoms with Crippen LogP contribution in [0.1, 0.15) is 18.9 Å². The molecule has 0 unspecified atom stereocenters. The van der Waals surface area contributed by atoms with Crippen LogP contribution in [0.25, 0.3) is 33.0 Å². The van der Waals surface area contributed by atoms with Gasteiger partial charge in [0.05, 0.1) is 7.11 Å². The molecule has 0 amide bonds. The van der Waals surface area contributed by atoms with Gasteiger partial charge >= 0.3 is 0 Å². The third kappa shape index (κ3) is 3.50. The summed E-state index contributed by atoms with van der Waals surface area (Å²) in [6, 6.07) is 25.9. The van der Waals surface area contributed by atoms with E-state index >= 15 is 4.39 Å². The molecule has 0 saturated carbocycles. The first-order valence-corrected chi connectivity index (χ1v) is 9.65. The maximum absolute atomic E-state index is 15.2. The number of hydrogen-bond donors (Lipinski definition) is 0. The van der Waals surface area contributed by atoms with Gasteiger partial charge in [-0.15, -0.1) is 0 Å². The molecular formula is C26H23FO. The van der Waals surface area contributed by atoms with Crippen molar-refractivity contribution in [2.45, 2.75) is 19.8 Å². The summed E-state index contributed by atoms with van der Waals surface area (Å²) in [7, 11) is 1.66. The van der Waals surface area contributed by atoms with Crippen LogP contribution in [0.15, 0.2) is 78.9 Å². The molecule has 0 N–H and O–H groups in total. The van der Waals surface area contributed by atoms with E-state index < -0.39 is 0 Å². The summed E-state index contributed by atoms with van der Waals surface area (Å²) in [5, 5.41) is 1.64. The Bertz CT molecular complexity index is 1100. The second-order valence-corrected chi connectivity index (χ2v) is 7.04. The topological polar surface area (TPSA) is 9.23 Å². The Morgan fingerprint density at radius 2 is 1.39 bits per heavy atom. The van der Waals surface area contributed by atoms with E-state index in [4.69, 9.17) is 4.74 Å². The molecule has 0 aliphatic rings. The molecule has 140 valence electrons. The van der Waals surface area contributed by atoms with Gasteiger partial charge in [-0.25, -0.2) is 4.39 Å². The largest absolute Gasteiger partial charge is 0.497 e. The third-order valence-electron chi connectivity index (χ3n) is 5.18. The van der Waals surface area contributed by atoms with Gasteiger partial charge in [-0.05, 0) is 46.2 Å². The van der Waals surface area contributed by atoms with Crippen LogP contribution in [0.3, 0.4) is 0 Å². The Hall–Kier alpha value is -3.13. The molecule has 4 aromatic rings. The zero-order valence-electron chi connectivity index (χ0n) is 16.2. The number of methoxy groups -OCH3 is 1. The van der Waals surface area contributed by atoms with E-state index in [0.717, 1.165) is 40.7 Å². The fourth-order valence-corrected chi connectivity index (χ4v) is 3.63. The van der Waals surface area contributed by atoms with Crippen LogP contribution in [0.5, 0.6) is 5.75 Å². The molecule has 4 rings (SSSR count). The van der Waals surface area contributed by atoms with Crippen LogP contribution >= 0.6 is 0 Å². The van der Waals surface area contributed by atoms with Gasteiger partial charge in [0.25, 0.3) is 0 Å². The molecule has 2 heteroatoms. The van der Waals surface area contributed by atoms with Crippen LogP contribution in [0.2, 0.25) is 0 Å². The maximum atomic E-state index is 15.2. The fourth-order valence-electron chi connectivity index (χ4n) is 3.63. The minimum absolute atomic E-state index is 0.155. The number of rotatable bonds is 5. The van der Waals surface area contributed by atoms with Crippen molar-refractivity contribution in [3.05, 3.63) is 90.2 Å². The molecular weight excluding hydrogens is 347 g/mol. The molecule has 0 spiro atoms. The van der Waals surface area contributed by atoms with E-state index in [-0.39, 0.29) is 5.82 Å². The molecule has 1 nitrogen and oxygen atoms in total. The van der Waals surface area contributed by atoms with Crippen molar-refractivity contribution in [2.24, 2.45) is 0 Å². The highest BCUT2D eigenvalue weighted by atomic mass is 19.1. The SMILES string of the molecule is CCCc1ccc2c(F)c(-c3ccc(-c4ccc(OC)cc4)cc3)ccc2c1. The average Bonchev–Trinajstić information content (AvgIpc) is 2.74. The summed E-state index contributed by atoms with van der Waals surface area (Å²) in [6.45, 7) is 2.16. The molecule has 4 aromatic carbocycles. The van der Waals surface area contributed by atoms with Crippen LogP contribution in [0, 0.1) is 5.82 Å². The highest BCUT2D eigenvalue weighted by Gasteiger charge is 2.10. The predicted molar refractivity (Wildman–Crippen MR) is 115 cm³/mol. The lowest BCUT2D eigenvalue weighted by Gasteiger charge is -2.10. The Morgan fingerprint density at radius 3 is 2.04 bits per heavy atom. The zero-order valence-corrected chi connectivity index (χ0v) is 16.2. The highest BCUT2D eigenvalue weighted by Crippen LogP contribution is 2.31. The second-order valence-electron chi connectivity index (χ2n) is 7.04. The van der Waals surface area contributed by atoms with Gasteiger partial charge in [-0.3, -0.25) is 0 Å². The normalized spacial score (nSPS) is 11.0. The van der Waals surface area contributed by atoms with E-state index in [9.17, 15) is 0 Å². The first-order chi connectivity index (χ1) is 13.7. The Morgan fingerprint density at radius 1 is 0.750 bits per heavy atom. The summed E-state index contributed by atoms with van der Waals surface area (Å²) in [6.07, 6.45) is 2.11. The number of benzene rings is 4. The predicted octanol–water partition coefficient (Wildman–Crippen LogP) is 7.27. The minimum atomic E-state index is -0.155. The number of ether oxygens (including phenoxy) is 1. The first-order valence-electron chi connectivity index (χ1n) is 9.65. The van der Waals surface area contributed by atoms with E-state index in [1.165, 1.54) is 5.56 Å². The third-order valence-corrected chi connectivity index (χ3v) is 5.18. The Kier molecular flexibility index (Phi) is 5.12. The second kappa shape index (κ2) is 7.85. The minimum Gasteiger partial charge on any atom is -0.497 e. The van der Waals surface area contributed by atoms with Crippen LogP contribution in [-0.4, -0.2) is 7.11 Å². The Labute approximate surface area is 165 Å². The quantitative estimate of drug-likeness (QED) is 0.359. The van der Waals surface area contributed by atoms with Crippen molar-refractivity contribution in [2.75, 3.05) is 7.11 Å². The lowest BCUT2D eigenvalue weighted by molar-refractivity contribution is 0.415. The molecule has 28 heavy (non-hydrogen) atoms. The average molecular weight is 370 g/mol. The summed E-state index contributed by atoms with van der Waals surface area (Å²) < 4.78 is 20.4. The highest BCUT2D eigenvalue weighted by molar-refractivity contribution is 5.89. The van der Waals surface area contributed by atoms with Crippen LogP contribution < -0.4 is 4.74 Å². The van der Waals surface area contributed by atoms with Crippen molar-refractivity contribution in [3.63, 3.8) is 0 Å². The smallest absolute Gasteiger partial charge is 0.138 e. The van der Waals surface area contributed by atoms with Crippen molar-refractivity contribution < 1.29 is 9.13 Å². The van der Waals surface area contributed by atoms with Gasteiger partial charge in [-0.1, -0.05) is 80.1 Å². The number of halogens is 1. The Balaban J connectivity index is 1.67. The number of fused-ring (bicyclic) bond motifs is 1. The standard InChI is InChI=1S/C26H23FO/c1-3-4-18-5-15-25-22(17-18)12-16-24(26(25)27)21-8-6-19(7-9-21)20-10-13-23(28-2)14-11-20/h5-17H,3-4H2,1-2H3. The zero-order chi connectivity index (χ0) is 19.5. The van der Waals surface area contributed by atoms with Gasteiger partial charge in [0.15, 0.2) is 0 Å².